The average molecular weight is 337 g/mol. The number of aryl methyl sites for hydroxylation is 1. The number of aromatic nitrogens is 2. The number of hydrogen-bond donors (Lipinski definition) is 1. The summed E-state index contributed by atoms with van der Waals surface area (Å²) in [6, 6.07) is 5.52. The molecule has 104 valence electrons. The Morgan fingerprint density at radius 3 is 3.00 bits per heavy atom. The van der Waals surface area contributed by atoms with Crippen molar-refractivity contribution in [3.05, 3.63) is 46.4 Å². The number of furan rings is 1. The van der Waals surface area contributed by atoms with E-state index in [0.717, 1.165) is 15.6 Å². The van der Waals surface area contributed by atoms with Crippen LogP contribution in [0.5, 0.6) is 5.75 Å². The molecule has 20 heavy (non-hydrogen) atoms. The van der Waals surface area contributed by atoms with Crippen molar-refractivity contribution in [3.8, 4) is 5.75 Å². The standard InChI is InChI=1S/C14H13BrN2O3/c1-17-4-2-10(16-17)8-20-13-9(7-18)6-12(15)14-11(13)3-5-19-14/h2-6,18H,7-8H2,1H3. The quantitative estimate of drug-likeness (QED) is 0.795. The van der Waals surface area contributed by atoms with Crippen LogP contribution in [0, 0.1) is 0 Å². The van der Waals surface area contributed by atoms with E-state index in [1.54, 1.807) is 17.0 Å². The number of rotatable bonds is 4. The maximum absolute atomic E-state index is 9.49. The van der Waals surface area contributed by atoms with Gasteiger partial charge in [0.25, 0.3) is 0 Å². The first-order valence-corrected chi connectivity index (χ1v) is 6.89. The molecule has 0 radical (unpaired) electrons. The normalized spacial score (nSPS) is 11.2. The molecule has 0 fully saturated rings. The molecule has 5 nitrogen and oxygen atoms in total. The maximum Gasteiger partial charge on any atom is 0.151 e. The Bertz CT molecular complexity index is 748. The summed E-state index contributed by atoms with van der Waals surface area (Å²) >= 11 is 3.43. The molecule has 0 aliphatic rings. The van der Waals surface area contributed by atoms with Crippen LogP contribution in [-0.2, 0) is 20.3 Å². The van der Waals surface area contributed by atoms with E-state index in [0.29, 0.717) is 23.5 Å². The molecule has 0 saturated heterocycles. The fraction of sp³-hybridized carbons (Fsp3) is 0.214. The third-order valence-corrected chi connectivity index (χ3v) is 3.61. The maximum atomic E-state index is 9.49. The van der Waals surface area contributed by atoms with Crippen molar-refractivity contribution in [2.75, 3.05) is 0 Å². The molecular weight excluding hydrogens is 324 g/mol. The van der Waals surface area contributed by atoms with Crippen molar-refractivity contribution in [1.82, 2.24) is 9.78 Å². The topological polar surface area (TPSA) is 60.4 Å². The summed E-state index contributed by atoms with van der Waals surface area (Å²) in [5, 5.41) is 14.6. The number of halogens is 1. The first-order chi connectivity index (χ1) is 9.69. The Morgan fingerprint density at radius 1 is 1.45 bits per heavy atom. The summed E-state index contributed by atoms with van der Waals surface area (Å²) in [6.45, 7) is 0.243. The molecule has 3 aromatic rings. The fourth-order valence-electron chi connectivity index (χ4n) is 2.10. The van der Waals surface area contributed by atoms with Gasteiger partial charge in [-0.2, -0.15) is 5.10 Å². The zero-order chi connectivity index (χ0) is 14.1. The smallest absolute Gasteiger partial charge is 0.151 e. The minimum atomic E-state index is -0.0999. The molecular formula is C14H13BrN2O3. The van der Waals surface area contributed by atoms with Gasteiger partial charge in [-0.1, -0.05) is 0 Å². The third kappa shape index (κ3) is 2.32. The van der Waals surface area contributed by atoms with Gasteiger partial charge in [0, 0.05) is 18.8 Å². The van der Waals surface area contributed by atoms with Gasteiger partial charge >= 0.3 is 0 Å². The highest BCUT2D eigenvalue weighted by Crippen LogP contribution is 2.36. The molecule has 2 heterocycles. The molecule has 6 heteroatoms. The van der Waals surface area contributed by atoms with Gasteiger partial charge in [0.1, 0.15) is 12.4 Å². The fourth-order valence-corrected chi connectivity index (χ4v) is 2.69. The molecule has 0 aliphatic carbocycles. The van der Waals surface area contributed by atoms with Crippen LogP contribution in [0.4, 0.5) is 0 Å². The highest BCUT2D eigenvalue weighted by atomic mass is 79.9. The third-order valence-electron chi connectivity index (χ3n) is 3.02. The van der Waals surface area contributed by atoms with Crippen molar-refractivity contribution in [2.24, 2.45) is 7.05 Å². The Morgan fingerprint density at radius 2 is 2.30 bits per heavy atom. The SMILES string of the molecule is Cn1ccc(COc2c(CO)cc(Br)c3occc23)n1. The van der Waals surface area contributed by atoms with E-state index >= 15 is 0 Å². The number of aliphatic hydroxyl groups excluding tert-OH is 1. The van der Waals surface area contributed by atoms with Crippen molar-refractivity contribution in [1.29, 1.82) is 0 Å². The minimum Gasteiger partial charge on any atom is -0.486 e. The molecule has 2 aromatic heterocycles. The Kier molecular flexibility index (Phi) is 3.50. The lowest BCUT2D eigenvalue weighted by Crippen LogP contribution is -2.01. The predicted molar refractivity (Wildman–Crippen MR) is 77.4 cm³/mol. The van der Waals surface area contributed by atoms with Crippen LogP contribution in [-0.4, -0.2) is 14.9 Å². The summed E-state index contributed by atoms with van der Waals surface area (Å²) in [4.78, 5) is 0. The second-order valence-corrected chi connectivity index (χ2v) is 5.29. The Balaban J connectivity index is 1.97. The molecule has 1 aromatic carbocycles. The summed E-state index contributed by atoms with van der Waals surface area (Å²) in [7, 11) is 1.86. The molecule has 0 spiro atoms. The summed E-state index contributed by atoms with van der Waals surface area (Å²) in [6.07, 6.45) is 3.46. The first kappa shape index (κ1) is 13.2. The van der Waals surface area contributed by atoms with Crippen molar-refractivity contribution in [3.63, 3.8) is 0 Å². The molecule has 0 unspecified atom stereocenters. The van der Waals surface area contributed by atoms with Crippen molar-refractivity contribution < 1.29 is 14.3 Å². The van der Waals surface area contributed by atoms with Crippen LogP contribution in [0.2, 0.25) is 0 Å². The highest BCUT2D eigenvalue weighted by Gasteiger charge is 2.14. The molecule has 0 bridgehead atoms. The van der Waals surface area contributed by atoms with E-state index in [2.05, 4.69) is 21.0 Å². The molecule has 0 amide bonds. The molecule has 0 atom stereocenters. The predicted octanol–water partition coefficient (Wildman–Crippen LogP) is 3.00. The second-order valence-electron chi connectivity index (χ2n) is 4.44. The average Bonchev–Trinajstić information content (AvgIpc) is 3.06. The number of ether oxygens (including phenoxy) is 1. The first-order valence-electron chi connectivity index (χ1n) is 6.10. The van der Waals surface area contributed by atoms with Gasteiger partial charge in [-0.05, 0) is 34.1 Å². The number of benzene rings is 1. The van der Waals surface area contributed by atoms with Gasteiger partial charge in [-0.25, -0.2) is 0 Å². The van der Waals surface area contributed by atoms with Crippen LogP contribution in [0.25, 0.3) is 11.0 Å². The zero-order valence-electron chi connectivity index (χ0n) is 10.8. The van der Waals surface area contributed by atoms with E-state index in [1.807, 2.05) is 25.4 Å². The van der Waals surface area contributed by atoms with E-state index in [4.69, 9.17) is 9.15 Å². The van der Waals surface area contributed by atoms with Crippen LogP contribution in [0.15, 0.2) is 39.5 Å². The number of nitrogens with zero attached hydrogens (tertiary/aromatic N) is 2. The second kappa shape index (κ2) is 5.30. The van der Waals surface area contributed by atoms with Crippen LogP contribution < -0.4 is 4.74 Å². The van der Waals surface area contributed by atoms with Gasteiger partial charge < -0.3 is 14.3 Å². The lowest BCUT2D eigenvalue weighted by Gasteiger charge is -2.11. The van der Waals surface area contributed by atoms with Gasteiger partial charge in [-0.15, -0.1) is 0 Å². The molecule has 0 aliphatic heterocycles. The van der Waals surface area contributed by atoms with Gasteiger partial charge in [-0.3, -0.25) is 4.68 Å². The van der Waals surface area contributed by atoms with Crippen molar-refractivity contribution in [2.45, 2.75) is 13.2 Å². The van der Waals surface area contributed by atoms with Gasteiger partial charge in [0.15, 0.2) is 5.58 Å². The lowest BCUT2D eigenvalue weighted by molar-refractivity contribution is 0.259. The van der Waals surface area contributed by atoms with E-state index in [-0.39, 0.29) is 6.61 Å². The number of aliphatic hydroxyl groups is 1. The monoisotopic (exact) mass is 336 g/mol. The molecule has 3 rings (SSSR count). The molecule has 1 N–H and O–H groups in total. The van der Waals surface area contributed by atoms with Crippen LogP contribution in [0.3, 0.4) is 0 Å². The summed E-state index contributed by atoms with van der Waals surface area (Å²) < 4.78 is 13.8. The Labute approximate surface area is 123 Å². The summed E-state index contributed by atoms with van der Waals surface area (Å²) in [5.74, 6) is 0.630. The van der Waals surface area contributed by atoms with E-state index in [9.17, 15) is 5.11 Å². The van der Waals surface area contributed by atoms with Crippen LogP contribution >= 0.6 is 15.9 Å². The largest absolute Gasteiger partial charge is 0.486 e. The van der Waals surface area contributed by atoms with Crippen molar-refractivity contribution >= 4 is 26.9 Å². The number of fused-ring (bicyclic) bond motifs is 1. The lowest BCUT2D eigenvalue weighted by atomic mass is 10.1. The number of hydrogen-bond acceptors (Lipinski definition) is 4. The van der Waals surface area contributed by atoms with Gasteiger partial charge in [0.2, 0.25) is 0 Å². The Hall–Kier alpha value is -1.79. The van der Waals surface area contributed by atoms with Gasteiger partial charge in [0.05, 0.1) is 28.4 Å². The van der Waals surface area contributed by atoms with E-state index in [1.165, 1.54) is 0 Å². The molecule has 0 saturated carbocycles. The zero-order valence-corrected chi connectivity index (χ0v) is 12.4. The van der Waals surface area contributed by atoms with E-state index < -0.39 is 0 Å². The summed E-state index contributed by atoms with van der Waals surface area (Å²) in [5.41, 5.74) is 2.25. The highest BCUT2D eigenvalue weighted by molar-refractivity contribution is 9.10. The minimum absolute atomic E-state index is 0.0999. The van der Waals surface area contributed by atoms with Crippen LogP contribution in [0.1, 0.15) is 11.3 Å².